The highest BCUT2D eigenvalue weighted by Crippen LogP contribution is 2.24. The number of aliphatic hydroxyl groups excluding tert-OH is 1. The molecule has 120 valence electrons. The minimum absolute atomic E-state index is 0. The molecule has 1 aliphatic heterocycles. The lowest BCUT2D eigenvalue weighted by Crippen LogP contribution is -2.37. The van der Waals surface area contributed by atoms with Gasteiger partial charge in [0.2, 0.25) is 0 Å². The van der Waals surface area contributed by atoms with Gasteiger partial charge in [-0.1, -0.05) is 35.5 Å². The van der Waals surface area contributed by atoms with Crippen molar-refractivity contribution < 1.29 is 14.4 Å². The second kappa shape index (κ2) is 8.29. The van der Waals surface area contributed by atoms with Crippen LogP contribution in [0.5, 0.6) is 0 Å². The van der Waals surface area contributed by atoms with E-state index in [2.05, 4.69) is 10.1 Å². The van der Waals surface area contributed by atoms with Crippen molar-refractivity contribution in [2.24, 2.45) is 0 Å². The third-order valence-electron chi connectivity index (χ3n) is 3.75. The number of halogens is 1. The van der Waals surface area contributed by atoms with E-state index in [1.165, 1.54) is 0 Å². The van der Waals surface area contributed by atoms with Crippen molar-refractivity contribution in [3.63, 3.8) is 0 Å². The number of morpholine rings is 1. The van der Waals surface area contributed by atoms with E-state index in [9.17, 15) is 5.11 Å². The van der Waals surface area contributed by atoms with Crippen LogP contribution in [0.15, 0.2) is 40.9 Å². The second-order valence-corrected chi connectivity index (χ2v) is 5.24. The van der Waals surface area contributed by atoms with Gasteiger partial charge in [-0.3, -0.25) is 4.90 Å². The van der Waals surface area contributed by atoms with Crippen LogP contribution >= 0.6 is 12.4 Å². The Bertz CT molecular complexity index is 556. The van der Waals surface area contributed by atoms with Gasteiger partial charge in [0.1, 0.15) is 11.8 Å². The minimum Gasteiger partial charge on any atom is -0.387 e. The van der Waals surface area contributed by atoms with Gasteiger partial charge in [0.05, 0.1) is 13.2 Å². The van der Waals surface area contributed by atoms with Crippen LogP contribution in [0, 0.1) is 0 Å². The van der Waals surface area contributed by atoms with E-state index in [-0.39, 0.29) is 12.4 Å². The lowest BCUT2D eigenvalue weighted by atomic mass is 10.1. The van der Waals surface area contributed by atoms with Crippen LogP contribution in [0.4, 0.5) is 0 Å². The molecule has 0 radical (unpaired) electrons. The number of hydrogen-bond donors (Lipinski definition) is 1. The third-order valence-corrected chi connectivity index (χ3v) is 3.75. The Morgan fingerprint density at radius 2 is 1.91 bits per heavy atom. The summed E-state index contributed by atoms with van der Waals surface area (Å²) in [6.07, 6.45) is 0.0647. The summed E-state index contributed by atoms with van der Waals surface area (Å²) in [4.78, 5) is 2.30. The van der Waals surface area contributed by atoms with Crippen molar-refractivity contribution in [3.05, 3.63) is 42.1 Å². The first kappa shape index (κ1) is 17.0. The zero-order valence-electron chi connectivity index (χ0n) is 12.4. The smallest absolute Gasteiger partial charge is 0.167 e. The molecule has 1 atom stereocenters. The van der Waals surface area contributed by atoms with Gasteiger partial charge in [0, 0.05) is 31.3 Å². The van der Waals surface area contributed by atoms with Crippen LogP contribution in [0.1, 0.15) is 18.2 Å². The molecule has 1 aromatic heterocycles. The van der Waals surface area contributed by atoms with Crippen LogP contribution in [0.2, 0.25) is 0 Å². The average Bonchev–Trinajstić information content (AvgIpc) is 3.04. The minimum atomic E-state index is -0.589. The zero-order chi connectivity index (χ0) is 14.5. The standard InChI is InChI=1S/C16H20N2O3.ClH/c19-15(6-7-18-8-10-20-11-9-18)14-12-16(21-17-14)13-4-2-1-3-5-13;/h1-5,12,15,19H,6-11H2;1H. The maximum atomic E-state index is 10.2. The quantitative estimate of drug-likeness (QED) is 0.915. The summed E-state index contributed by atoms with van der Waals surface area (Å²) in [7, 11) is 0. The van der Waals surface area contributed by atoms with Crippen molar-refractivity contribution in [2.45, 2.75) is 12.5 Å². The predicted octanol–water partition coefficient (Wildman–Crippen LogP) is 2.52. The number of ether oxygens (including phenoxy) is 1. The lowest BCUT2D eigenvalue weighted by molar-refractivity contribution is 0.0295. The van der Waals surface area contributed by atoms with Crippen molar-refractivity contribution in [1.82, 2.24) is 10.1 Å². The Kier molecular flexibility index (Phi) is 6.39. The van der Waals surface area contributed by atoms with Gasteiger partial charge in [-0.25, -0.2) is 0 Å². The molecule has 5 nitrogen and oxygen atoms in total. The van der Waals surface area contributed by atoms with Crippen molar-refractivity contribution >= 4 is 12.4 Å². The first-order valence-electron chi connectivity index (χ1n) is 7.33. The van der Waals surface area contributed by atoms with E-state index in [0.29, 0.717) is 17.9 Å². The number of benzene rings is 1. The second-order valence-electron chi connectivity index (χ2n) is 5.24. The van der Waals surface area contributed by atoms with Gasteiger partial charge < -0.3 is 14.4 Å². The molecule has 6 heteroatoms. The lowest BCUT2D eigenvalue weighted by Gasteiger charge is -2.27. The molecule has 1 aliphatic rings. The van der Waals surface area contributed by atoms with E-state index < -0.39 is 6.10 Å². The highest BCUT2D eigenvalue weighted by Gasteiger charge is 2.17. The molecule has 2 heterocycles. The topological polar surface area (TPSA) is 58.7 Å². The van der Waals surface area contributed by atoms with Crippen LogP contribution in [-0.4, -0.2) is 48.0 Å². The fourth-order valence-electron chi connectivity index (χ4n) is 2.46. The Morgan fingerprint density at radius 1 is 1.18 bits per heavy atom. The summed E-state index contributed by atoms with van der Waals surface area (Å²) >= 11 is 0. The molecule has 0 bridgehead atoms. The van der Waals surface area contributed by atoms with Crippen LogP contribution in [-0.2, 0) is 4.74 Å². The molecular weight excluding hydrogens is 304 g/mol. The zero-order valence-corrected chi connectivity index (χ0v) is 13.2. The molecular formula is C16H21ClN2O3. The molecule has 1 aromatic carbocycles. The summed E-state index contributed by atoms with van der Waals surface area (Å²) in [5.74, 6) is 0.691. The molecule has 1 N–H and O–H groups in total. The molecule has 0 spiro atoms. The molecule has 1 unspecified atom stereocenters. The first-order chi connectivity index (χ1) is 10.3. The van der Waals surface area contributed by atoms with E-state index in [1.807, 2.05) is 36.4 Å². The normalized spacial score (nSPS) is 17.0. The Balaban J connectivity index is 0.00000176. The van der Waals surface area contributed by atoms with E-state index in [0.717, 1.165) is 38.4 Å². The molecule has 0 amide bonds. The van der Waals surface area contributed by atoms with Gasteiger partial charge in [0.15, 0.2) is 5.76 Å². The maximum absolute atomic E-state index is 10.2. The molecule has 0 saturated carbocycles. The number of hydrogen-bond acceptors (Lipinski definition) is 5. The molecule has 2 aromatic rings. The van der Waals surface area contributed by atoms with Crippen molar-refractivity contribution in [2.75, 3.05) is 32.8 Å². The van der Waals surface area contributed by atoms with Crippen LogP contribution in [0.25, 0.3) is 11.3 Å². The number of nitrogens with zero attached hydrogens (tertiary/aromatic N) is 2. The van der Waals surface area contributed by atoms with Crippen molar-refractivity contribution in [3.8, 4) is 11.3 Å². The highest BCUT2D eigenvalue weighted by atomic mass is 35.5. The molecule has 3 rings (SSSR count). The first-order valence-corrected chi connectivity index (χ1v) is 7.33. The monoisotopic (exact) mass is 324 g/mol. The highest BCUT2D eigenvalue weighted by molar-refractivity contribution is 5.85. The molecule has 1 saturated heterocycles. The summed E-state index contributed by atoms with van der Waals surface area (Å²) in [6.45, 7) is 4.26. The summed E-state index contributed by atoms with van der Waals surface area (Å²) in [6, 6.07) is 11.6. The number of aromatic nitrogens is 1. The fourth-order valence-corrected chi connectivity index (χ4v) is 2.46. The van der Waals surface area contributed by atoms with Gasteiger partial charge in [-0.15, -0.1) is 12.4 Å². The summed E-state index contributed by atoms with van der Waals surface area (Å²) < 4.78 is 10.6. The Morgan fingerprint density at radius 3 is 2.64 bits per heavy atom. The van der Waals surface area contributed by atoms with Gasteiger partial charge in [-0.05, 0) is 6.42 Å². The van der Waals surface area contributed by atoms with Crippen LogP contribution < -0.4 is 0 Å². The molecule has 22 heavy (non-hydrogen) atoms. The molecule has 0 aliphatic carbocycles. The maximum Gasteiger partial charge on any atom is 0.167 e. The summed E-state index contributed by atoms with van der Waals surface area (Å²) in [5, 5.41) is 14.2. The Hall–Kier alpha value is -1.40. The van der Waals surface area contributed by atoms with Crippen LogP contribution in [0.3, 0.4) is 0 Å². The number of aliphatic hydroxyl groups is 1. The van der Waals surface area contributed by atoms with E-state index in [1.54, 1.807) is 0 Å². The third kappa shape index (κ3) is 4.30. The summed E-state index contributed by atoms with van der Waals surface area (Å²) in [5.41, 5.74) is 1.57. The molecule has 1 fully saturated rings. The largest absolute Gasteiger partial charge is 0.387 e. The van der Waals surface area contributed by atoms with Crippen molar-refractivity contribution in [1.29, 1.82) is 0 Å². The van der Waals surface area contributed by atoms with E-state index >= 15 is 0 Å². The Labute approximate surface area is 136 Å². The van der Waals surface area contributed by atoms with Gasteiger partial charge >= 0.3 is 0 Å². The average molecular weight is 325 g/mol. The predicted molar refractivity (Wildman–Crippen MR) is 86.0 cm³/mol. The van der Waals surface area contributed by atoms with Gasteiger partial charge in [-0.2, -0.15) is 0 Å². The fraction of sp³-hybridized carbons (Fsp3) is 0.438. The van der Waals surface area contributed by atoms with E-state index in [4.69, 9.17) is 9.26 Å². The van der Waals surface area contributed by atoms with Gasteiger partial charge in [0.25, 0.3) is 0 Å². The SMILES string of the molecule is Cl.OC(CCN1CCOCC1)c1cc(-c2ccccc2)on1. The number of rotatable bonds is 5.